The number of pyridine rings is 1. The number of allylic oxidation sites excluding steroid dienone is 6. The third-order valence-corrected chi connectivity index (χ3v) is 4.13. The first-order valence-electron chi connectivity index (χ1n) is 8.39. The van der Waals surface area contributed by atoms with Crippen LogP contribution in [0.4, 0.5) is 0 Å². The lowest BCUT2D eigenvalue weighted by atomic mass is 10.0. The Kier molecular flexibility index (Phi) is 6.47. The topological polar surface area (TPSA) is 12.9 Å². The lowest BCUT2D eigenvalue weighted by molar-refractivity contribution is 1.28. The van der Waals surface area contributed by atoms with Gasteiger partial charge in [0, 0.05) is 11.8 Å². The highest BCUT2D eigenvalue weighted by Crippen LogP contribution is 2.20. The van der Waals surface area contributed by atoms with Crippen LogP contribution in [0.3, 0.4) is 0 Å². The van der Waals surface area contributed by atoms with E-state index in [2.05, 4.69) is 81.4 Å². The van der Waals surface area contributed by atoms with Crippen LogP contribution in [-0.4, -0.2) is 4.98 Å². The second-order valence-corrected chi connectivity index (χ2v) is 6.05. The van der Waals surface area contributed by atoms with Gasteiger partial charge in [-0.05, 0) is 61.3 Å². The summed E-state index contributed by atoms with van der Waals surface area (Å²) < 4.78 is 0. The van der Waals surface area contributed by atoms with Gasteiger partial charge in [0.1, 0.15) is 0 Å². The molecule has 0 atom stereocenters. The molecule has 25 heavy (non-hydrogen) atoms. The second kappa shape index (κ2) is 8.79. The second-order valence-electron chi connectivity index (χ2n) is 6.05. The van der Waals surface area contributed by atoms with Gasteiger partial charge in [0.05, 0.1) is 5.69 Å². The molecule has 0 bridgehead atoms. The summed E-state index contributed by atoms with van der Waals surface area (Å²) in [7, 11) is 0. The molecule has 0 saturated heterocycles. The minimum Gasteiger partial charge on any atom is -0.256 e. The van der Waals surface area contributed by atoms with Crippen molar-refractivity contribution in [3.8, 4) is 0 Å². The van der Waals surface area contributed by atoms with E-state index in [1.807, 2.05) is 18.2 Å². The van der Waals surface area contributed by atoms with E-state index in [0.717, 1.165) is 22.4 Å². The summed E-state index contributed by atoms with van der Waals surface area (Å²) >= 11 is 0. The van der Waals surface area contributed by atoms with Crippen molar-refractivity contribution in [2.45, 2.75) is 20.8 Å². The van der Waals surface area contributed by atoms with E-state index >= 15 is 0 Å². The van der Waals surface area contributed by atoms with Crippen LogP contribution in [0.5, 0.6) is 0 Å². The van der Waals surface area contributed by atoms with Crippen LogP contribution in [-0.2, 0) is 0 Å². The van der Waals surface area contributed by atoms with E-state index in [1.54, 1.807) is 12.3 Å². The average Bonchev–Trinajstić information content (AvgIpc) is 2.63. The van der Waals surface area contributed by atoms with Crippen molar-refractivity contribution in [3.05, 3.63) is 108 Å². The van der Waals surface area contributed by atoms with Gasteiger partial charge >= 0.3 is 0 Å². The molecule has 0 fully saturated rings. The summed E-state index contributed by atoms with van der Waals surface area (Å²) in [4.78, 5) is 4.34. The SMILES string of the molecule is C=CC(=C\C=C(/C)c1ccc(C)cc1)/C(C)=C/c1cccnc1C=C. The summed E-state index contributed by atoms with van der Waals surface area (Å²) in [5, 5.41) is 0. The van der Waals surface area contributed by atoms with Gasteiger partial charge in [0.15, 0.2) is 0 Å². The van der Waals surface area contributed by atoms with E-state index in [1.165, 1.54) is 16.7 Å². The summed E-state index contributed by atoms with van der Waals surface area (Å²) in [6.45, 7) is 14.1. The van der Waals surface area contributed by atoms with E-state index < -0.39 is 0 Å². The van der Waals surface area contributed by atoms with Gasteiger partial charge in [-0.25, -0.2) is 0 Å². The molecule has 1 aromatic carbocycles. The highest BCUT2D eigenvalue weighted by molar-refractivity contribution is 5.69. The maximum atomic E-state index is 4.34. The fourth-order valence-corrected chi connectivity index (χ4v) is 2.53. The molecule has 0 spiro atoms. The zero-order chi connectivity index (χ0) is 18.2. The fraction of sp³-hybridized carbons (Fsp3) is 0.125. The van der Waals surface area contributed by atoms with Crippen molar-refractivity contribution < 1.29 is 0 Å². The molecule has 0 N–H and O–H groups in total. The molecule has 126 valence electrons. The molecule has 0 amide bonds. The molecule has 2 rings (SSSR count). The Bertz CT molecular complexity index is 846. The largest absolute Gasteiger partial charge is 0.256 e. The molecule has 0 radical (unpaired) electrons. The van der Waals surface area contributed by atoms with Crippen molar-refractivity contribution in [1.29, 1.82) is 0 Å². The van der Waals surface area contributed by atoms with E-state index in [0.29, 0.717) is 0 Å². The first-order chi connectivity index (χ1) is 12.0. The third kappa shape index (κ3) is 5.02. The monoisotopic (exact) mass is 327 g/mol. The average molecular weight is 327 g/mol. The van der Waals surface area contributed by atoms with Crippen LogP contribution in [0.15, 0.2) is 85.1 Å². The van der Waals surface area contributed by atoms with Gasteiger partial charge in [-0.2, -0.15) is 0 Å². The first-order valence-corrected chi connectivity index (χ1v) is 8.39. The van der Waals surface area contributed by atoms with Gasteiger partial charge in [0.25, 0.3) is 0 Å². The number of hydrogen-bond acceptors (Lipinski definition) is 1. The number of aromatic nitrogens is 1. The first kappa shape index (κ1) is 18.4. The molecular weight excluding hydrogens is 302 g/mol. The molecule has 1 heteroatoms. The van der Waals surface area contributed by atoms with Crippen LogP contribution in [0.25, 0.3) is 17.7 Å². The summed E-state index contributed by atoms with van der Waals surface area (Å²) in [5.41, 5.74) is 7.89. The lowest BCUT2D eigenvalue weighted by Gasteiger charge is -2.05. The zero-order valence-electron chi connectivity index (χ0n) is 15.3. The molecule has 1 nitrogen and oxygen atoms in total. The van der Waals surface area contributed by atoms with E-state index in [4.69, 9.17) is 0 Å². The van der Waals surface area contributed by atoms with Crippen LogP contribution >= 0.6 is 0 Å². The number of aryl methyl sites for hydroxylation is 1. The maximum Gasteiger partial charge on any atom is 0.0696 e. The minimum atomic E-state index is 0.886. The number of rotatable bonds is 6. The molecule has 0 unspecified atom stereocenters. The molecule has 0 aliphatic heterocycles. The van der Waals surface area contributed by atoms with Crippen LogP contribution < -0.4 is 0 Å². The highest BCUT2D eigenvalue weighted by atomic mass is 14.7. The molecule has 1 aromatic heterocycles. The van der Waals surface area contributed by atoms with Crippen molar-refractivity contribution >= 4 is 17.7 Å². The van der Waals surface area contributed by atoms with Gasteiger partial charge < -0.3 is 0 Å². The molecule has 0 aliphatic rings. The summed E-state index contributed by atoms with van der Waals surface area (Å²) in [6.07, 6.45) is 11.8. The van der Waals surface area contributed by atoms with Crippen molar-refractivity contribution in [3.63, 3.8) is 0 Å². The van der Waals surface area contributed by atoms with Crippen LogP contribution in [0, 0.1) is 6.92 Å². The van der Waals surface area contributed by atoms with E-state index in [-0.39, 0.29) is 0 Å². The van der Waals surface area contributed by atoms with Gasteiger partial charge in [-0.3, -0.25) is 4.98 Å². The molecule has 0 saturated carbocycles. The standard InChI is InChI=1S/C24H25N/c1-6-21(15-12-19(4)22-13-10-18(3)11-14-22)20(5)17-23-9-8-16-25-24(23)7-2/h6-17H,1-2H2,3-5H3/b19-12+,20-17+,21-15+. The molecule has 1 heterocycles. The third-order valence-electron chi connectivity index (χ3n) is 4.13. The Hall–Kier alpha value is -2.93. The van der Waals surface area contributed by atoms with Gasteiger partial charge in [-0.1, -0.05) is 67.3 Å². The lowest BCUT2D eigenvalue weighted by Crippen LogP contribution is -1.87. The predicted molar refractivity (Wildman–Crippen MR) is 111 cm³/mol. The Morgan fingerprint density at radius 1 is 1.00 bits per heavy atom. The van der Waals surface area contributed by atoms with E-state index in [9.17, 15) is 0 Å². The zero-order valence-corrected chi connectivity index (χ0v) is 15.3. The van der Waals surface area contributed by atoms with Crippen molar-refractivity contribution in [2.75, 3.05) is 0 Å². The summed E-state index contributed by atoms with van der Waals surface area (Å²) in [5.74, 6) is 0. The predicted octanol–water partition coefficient (Wildman–Crippen LogP) is 6.65. The van der Waals surface area contributed by atoms with Crippen LogP contribution in [0.1, 0.15) is 36.2 Å². The Morgan fingerprint density at radius 2 is 1.72 bits per heavy atom. The Balaban J connectivity index is 2.31. The minimum absolute atomic E-state index is 0.886. The molecule has 2 aromatic rings. The maximum absolute atomic E-state index is 4.34. The number of nitrogens with zero attached hydrogens (tertiary/aromatic N) is 1. The van der Waals surface area contributed by atoms with Crippen molar-refractivity contribution in [1.82, 2.24) is 4.98 Å². The molecular formula is C24H25N. The Labute approximate surface area is 151 Å². The highest BCUT2D eigenvalue weighted by Gasteiger charge is 2.00. The number of hydrogen-bond donors (Lipinski definition) is 0. The smallest absolute Gasteiger partial charge is 0.0696 e. The van der Waals surface area contributed by atoms with Gasteiger partial charge in [0.2, 0.25) is 0 Å². The van der Waals surface area contributed by atoms with Crippen LogP contribution in [0.2, 0.25) is 0 Å². The van der Waals surface area contributed by atoms with Crippen molar-refractivity contribution in [2.24, 2.45) is 0 Å². The normalized spacial score (nSPS) is 12.8. The summed E-state index contributed by atoms with van der Waals surface area (Å²) in [6, 6.07) is 12.5. The Morgan fingerprint density at radius 3 is 2.36 bits per heavy atom. The number of benzene rings is 1. The molecule has 0 aliphatic carbocycles. The quantitative estimate of drug-likeness (QED) is 0.541. The fourth-order valence-electron chi connectivity index (χ4n) is 2.53. The van der Waals surface area contributed by atoms with Gasteiger partial charge in [-0.15, -0.1) is 0 Å².